The molecule has 0 bridgehead atoms. The topological polar surface area (TPSA) is 52.4 Å². The Hall–Kier alpha value is -2.59. The zero-order chi connectivity index (χ0) is 17.4. The van der Waals surface area contributed by atoms with Crippen molar-refractivity contribution in [2.75, 3.05) is 29.9 Å². The summed E-state index contributed by atoms with van der Waals surface area (Å²) in [6.07, 6.45) is 4.58. The van der Waals surface area contributed by atoms with Crippen LogP contribution < -0.4 is 9.80 Å². The zero-order valence-electron chi connectivity index (χ0n) is 13.8. The minimum atomic E-state index is 0.398. The molecule has 126 valence electrons. The Morgan fingerprint density at radius 3 is 3.04 bits per heavy atom. The predicted molar refractivity (Wildman–Crippen MR) is 103 cm³/mol. The number of aromatic nitrogens is 3. The van der Waals surface area contributed by atoms with Gasteiger partial charge in [-0.1, -0.05) is 22.0 Å². The molecule has 1 N–H and O–H groups in total. The van der Waals surface area contributed by atoms with Crippen molar-refractivity contribution in [3.63, 3.8) is 0 Å². The van der Waals surface area contributed by atoms with E-state index >= 15 is 0 Å². The summed E-state index contributed by atoms with van der Waals surface area (Å²) in [4.78, 5) is 20.0. The SMILES string of the molecule is [C-]#[N+]c1ccc(N(C)[C@@H]2CCN(c3ncnc4[nH]ccc34)C2)cc1Br. The van der Waals surface area contributed by atoms with E-state index in [0.717, 1.165) is 46.5 Å². The van der Waals surface area contributed by atoms with Crippen molar-refractivity contribution in [2.24, 2.45) is 0 Å². The molecule has 1 saturated heterocycles. The molecule has 0 spiro atoms. The first kappa shape index (κ1) is 15.9. The van der Waals surface area contributed by atoms with E-state index in [2.05, 4.69) is 52.6 Å². The molecule has 1 atom stereocenters. The van der Waals surface area contributed by atoms with Gasteiger partial charge < -0.3 is 14.8 Å². The molecule has 1 fully saturated rings. The third kappa shape index (κ3) is 2.83. The molecule has 6 nitrogen and oxygen atoms in total. The van der Waals surface area contributed by atoms with Crippen LogP contribution in [0.3, 0.4) is 0 Å². The molecule has 1 aliphatic heterocycles. The number of H-pyrrole nitrogens is 1. The average molecular weight is 397 g/mol. The van der Waals surface area contributed by atoms with Gasteiger partial charge in [-0.3, -0.25) is 0 Å². The van der Waals surface area contributed by atoms with Crippen molar-refractivity contribution in [3.05, 3.63) is 52.7 Å². The molecule has 0 aliphatic carbocycles. The Labute approximate surface area is 154 Å². The van der Waals surface area contributed by atoms with E-state index in [1.807, 2.05) is 30.5 Å². The van der Waals surface area contributed by atoms with Crippen molar-refractivity contribution in [1.29, 1.82) is 0 Å². The van der Waals surface area contributed by atoms with Crippen LogP contribution >= 0.6 is 15.9 Å². The van der Waals surface area contributed by atoms with E-state index in [4.69, 9.17) is 6.57 Å². The van der Waals surface area contributed by atoms with Crippen molar-refractivity contribution in [3.8, 4) is 0 Å². The van der Waals surface area contributed by atoms with E-state index < -0.39 is 0 Å². The van der Waals surface area contributed by atoms with Gasteiger partial charge in [0.05, 0.1) is 12.0 Å². The van der Waals surface area contributed by atoms with Gasteiger partial charge in [-0.05, 0) is 24.6 Å². The van der Waals surface area contributed by atoms with Gasteiger partial charge in [0.25, 0.3) is 0 Å². The van der Waals surface area contributed by atoms with Crippen LogP contribution in [0.4, 0.5) is 17.2 Å². The fourth-order valence-corrected chi connectivity index (χ4v) is 3.83. The summed E-state index contributed by atoms with van der Waals surface area (Å²) in [5.74, 6) is 0.992. The molecule has 25 heavy (non-hydrogen) atoms. The van der Waals surface area contributed by atoms with Crippen LogP contribution in [0, 0.1) is 6.57 Å². The number of halogens is 1. The van der Waals surface area contributed by atoms with Gasteiger partial charge in [-0.25, -0.2) is 14.8 Å². The van der Waals surface area contributed by atoms with Gasteiger partial charge in [-0.15, -0.1) is 0 Å². The molecule has 2 aromatic heterocycles. The number of fused-ring (bicyclic) bond motifs is 1. The summed E-state index contributed by atoms with van der Waals surface area (Å²) < 4.78 is 0.839. The highest BCUT2D eigenvalue weighted by Crippen LogP contribution is 2.32. The first-order chi connectivity index (χ1) is 12.2. The maximum atomic E-state index is 7.16. The number of rotatable bonds is 3. The maximum Gasteiger partial charge on any atom is 0.201 e. The second-order valence-corrected chi connectivity index (χ2v) is 7.04. The smallest absolute Gasteiger partial charge is 0.201 e. The molecule has 0 unspecified atom stereocenters. The van der Waals surface area contributed by atoms with E-state index in [1.165, 1.54) is 0 Å². The summed E-state index contributed by atoms with van der Waals surface area (Å²) in [7, 11) is 2.11. The first-order valence-electron chi connectivity index (χ1n) is 8.10. The summed E-state index contributed by atoms with van der Waals surface area (Å²) >= 11 is 3.48. The molecule has 3 heterocycles. The predicted octanol–water partition coefficient (Wildman–Crippen LogP) is 3.99. The van der Waals surface area contributed by atoms with Gasteiger partial charge in [0, 0.05) is 42.5 Å². The Morgan fingerprint density at radius 1 is 1.36 bits per heavy atom. The Kier molecular flexibility index (Phi) is 4.06. The van der Waals surface area contributed by atoms with Crippen LogP contribution in [0.5, 0.6) is 0 Å². The van der Waals surface area contributed by atoms with E-state index in [9.17, 15) is 0 Å². The average Bonchev–Trinajstić information content (AvgIpc) is 3.30. The van der Waals surface area contributed by atoms with E-state index in [0.29, 0.717) is 11.7 Å². The quantitative estimate of drug-likeness (QED) is 0.680. The number of anilines is 2. The molecule has 1 aliphatic rings. The van der Waals surface area contributed by atoms with Crippen LogP contribution in [-0.4, -0.2) is 41.1 Å². The van der Waals surface area contributed by atoms with Crippen LogP contribution in [0.15, 0.2) is 41.3 Å². The highest BCUT2D eigenvalue weighted by Gasteiger charge is 2.28. The largest absolute Gasteiger partial charge is 0.370 e. The van der Waals surface area contributed by atoms with E-state index in [-0.39, 0.29) is 0 Å². The molecule has 1 aromatic carbocycles. The van der Waals surface area contributed by atoms with Crippen molar-refractivity contribution in [1.82, 2.24) is 15.0 Å². The monoisotopic (exact) mass is 396 g/mol. The molecule has 0 saturated carbocycles. The molecule has 4 rings (SSSR count). The molecule has 0 radical (unpaired) electrons. The fraction of sp³-hybridized carbons (Fsp3) is 0.278. The van der Waals surface area contributed by atoms with Crippen LogP contribution in [0.25, 0.3) is 15.9 Å². The molecule has 3 aromatic rings. The minimum Gasteiger partial charge on any atom is -0.370 e. The number of hydrogen-bond donors (Lipinski definition) is 1. The number of nitrogens with zero attached hydrogens (tertiary/aromatic N) is 5. The summed E-state index contributed by atoms with van der Waals surface area (Å²) in [6.45, 7) is 9.04. The molecular weight excluding hydrogens is 380 g/mol. The second-order valence-electron chi connectivity index (χ2n) is 6.18. The number of benzene rings is 1. The van der Waals surface area contributed by atoms with Crippen LogP contribution in [0.1, 0.15) is 6.42 Å². The minimum absolute atomic E-state index is 0.398. The van der Waals surface area contributed by atoms with Crippen molar-refractivity contribution >= 4 is 44.2 Å². The molecular formula is C18H17BrN6. The van der Waals surface area contributed by atoms with Crippen LogP contribution in [0.2, 0.25) is 0 Å². The number of nitrogens with one attached hydrogen (secondary N) is 1. The van der Waals surface area contributed by atoms with Gasteiger partial charge in [-0.2, -0.15) is 0 Å². The lowest BCUT2D eigenvalue weighted by molar-refractivity contribution is 0.692. The Morgan fingerprint density at radius 2 is 2.24 bits per heavy atom. The van der Waals surface area contributed by atoms with E-state index in [1.54, 1.807) is 6.33 Å². The van der Waals surface area contributed by atoms with Gasteiger partial charge in [0.1, 0.15) is 17.8 Å². The Balaban J connectivity index is 1.55. The maximum absolute atomic E-state index is 7.16. The Bertz CT molecular complexity index is 960. The van der Waals surface area contributed by atoms with Gasteiger partial charge >= 0.3 is 0 Å². The lowest BCUT2D eigenvalue weighted by Crippen LogP contribution is -2.34. The standard InChI is InChI=1S/C18H17BrN6/c1-20-16-4-3-12(9-15(16)19)24(2)13-6-8-25(10-13)18-14-5-7-21-17(14)22-11-23-18/h3-5,7,9,11,13H,6,8,10H2,2H3,(H,21,22,23)/t13-/m1/s1. The van der Waals surface area contributed by atoms with Gasteiger partial charge in [0.2, 0.25) is 5.69 Å². The highest BCUT2D eigenvalue weighted by atomic mass is 79.9. The normalized spacial score (nSPS) is 17.0. The fourth-order valence-electron chi connectivity index (χ4n) is 3.38. The number of aromatic amines is 1. The molecule has 7 heteroatoms. The third-order valence-electron chi connectivity index (χ3n) is 4.80. The zero-order valence-corrected chi connectivity index (χ0v) is 15.4. The highest BCUT2D eigenvalue weighted by molar-refractivity contribution is 9.10. The first-order valence-corrected chi connectivity index (χ1v) is 8.89. The van der Waals surface area contributed by atoms with Gasteiger partial charge in [0.15, 0.2) is 0 Å². The second kappa shape index (κ2) is 6.37. The number of likely N-dealkylation sites (N-methyl/N-ethyl adjacent to an activating group) is 1. The van der Waals surface area contributed by atoms with Crippen LogP contribution in [-0.2, 0) is 0 Å². The molecule has 0 amide bonds. The number of hydrogen-bond acceptors (Lipinski definition) is 4. The van der Waals surface area contributed by atoms with Crippen molar-refractivity contribution in [2.45, 2.75) is 12.5 Å². The summed E-state index contributed by atoms with van der Waals surface area (Å²) in [5, 5.41) is 1.06. The third-order valence-corrected chi connectivity index (χ3v) is 5.44. The lowest BCUT2D eigenvalue weighted by Gasteiger charge is -2.27. The summed E-state index contributed by atoms with van der Waals surface area (Å²) in [6, 6.07) is 8.32. The van der Waals surface area contributed by atoms with Crippen molar-refractivity contribution < 1.29 is 0 Å². The lowest BCUT2D eigenvalue weighted by atomic mass is 10.2. The summed E-state index contributed by atoms with van der Waals surface area (Å²) in [5.41, 5.74) is 2.63.